The van der Waals surface area contributed by atoms with Crippen LogP contribution < -0.4 is 10.9 Å². The van der Waals surface area contributed by atoms with Gasteiger partial charge in [0, 0.05) is 24.0 Å². The third-order valence-corrected chi connectivity index (χ3v) is 3.74. The SMILES string of the molecule is COC(=O)[C@@H](NC(=O)c1cn(C)c(=O)c2ccccc12)C(C)C. The number of esters is 1. The number of methoxy groups -OCH3 is 1. The number of amides is 1. The number of nitrogens with zero attached hydrogens (tertiary/aromatic N) is 1. The molecule has 0 aliphatic rings. The molecule has 1 heterocycles. The molecule has 1 atom stereocenters. The summed E-state index contributed by atoms with van der Waals surface area (Å²) in [5.74, 6) is -1.03. The van der Waals surface area contributed by atoms with E-state index >= 15 is 0 Å². The molecule has 0 saturated heterocycles. The number of benzene rings is 1. The third-order valence-electron chi connectivity index (χ3n) is 3.74. The Labute approximate surface area is 134 Å². The Kier molecular flexibility index (Phi) is 4.83. The highest BCUT2D eigenvalue weighted by Gasteiger charge is 2.26. The Balaban J connectivity index is 2.48. The van der Waals surface area contributed by atoms with E-state index in [0.29, 0.717) is 16.3 Å². The molecule has 0 aliphatic heterocycles. The van der Waals surface area contributed by atoms with Crippen LogP contribution in [0.5, 0.6) is 0 Å². The maximum atomic E-state index is 12.6. The van der Waals surface area contributed by atoms with Gasteiger partial charge in [-0.05, 0) is 12.0 Å². The van der Waals surface area contributed by atoms with E-state index in [4.69, 9.17) is 4.74 Å². The van der Waals surface area contributed by atoms with E-state index < -0.39 is 17.9 Å². The summed E-state index contributed by atoms with van der Waals surface area (Å²) in [6.07, 6.45) is 1.48. The van der Waals surface area contributed by atoms with Crippen molar-refractivity contribution in [1.29, 1.82) is 0 Å². The van der Waals surface area contributed by atoms with Crippen molar-refractivity contribution in [1.82, 2.24) is 9.88 Å². The fraction of sp³-hybridized carbons (Fsp3) is 0.353. The first kappa shape index (κ1) is 16.7. The molecule has 6 nitrogen and oxygen atoms in total. The van der Waals surface area contributed by atoms with Gasteiger partial charge in [-0.2, -0.15) is 0 Å². The second kappa shape index (κ2) is 6.64. The predicted octanol–water partition coefficient (Wildman–Crippen LogP) is 1.47. The van der Waals surface area contributed by atoms with Crippen LogP contribution in [-0.2, 0) is 16.6 Å². The molecule has 0 bridgehead atoms. The number of carbonyl (C=O) groups is 2. The molecule has 2 rings (SSSR count). The summed E-state index contributed by atoms with van der Waals surface area (Å²) in [7, 11) is 2.87. The van der Waals surface area contributed by atoms with Crippen molar-refractivity contribution in [2.45, 2.75) is 19.9 Å². The van der Waals surface area contributed by atoms with Crippen LogP contribution >= 0.6 is 0 Å². The molecule has 1 aromatic carbocycles. The number of fused-ring (bicyclic) bond motifs is 1. The Bertz CT molecular complexity index is 808. The lowest BCUT2D eigenvalue weighted by Gasteiger charge is -2.20. The smallest absolute Gasteiger partial charge is 0.328 e. The van der Waals surface area contributed by atoms with Crippen LogP contribution in [0.1, 0.15) is 24.2 Å². The minimum atomic E-state index is -0.747. The molecule has 1 amide bonds. The molecule has 1 N–H and O–H groups in total. The number of carbonyl (C=O) groups excluding carboxylic acids is 2. The van der Waals surface area contributed by atoms with Crippen LogP contribution in [0.3, 0.4) is 0 Å². The minimum Gasteiger partial charge on any atom is -0.467 e. The lowest BCUT2D eigenvalue weighted by atomic mass is 10.0. The van der Waals surface area contributed by atoms with Gasteiger partial charge in [-0.3, -0.25) is 9.59 Å². The van der Waals surface area contributed by atoms with Gasteiger partial charge in [0.15, 0.2) is 0 Å². The van der Waals surface area contributed by atoms with Crippen molar-refractivity contribution in [3.05, 3.63) is 46.4 Å². The Morgan fingerprint density at radius 1 is 1.17 bits per heavy atom. The maximum Gasteiger partial charge on any atom is 0.328 e. The van der Waals surface area contributed by atoms with Crippen LogP contribution in [0.2, 0.25) is 0 Å². The first-order valence-corrected chi connectivity index (χ1v) is 7.34. The monoisotopic (exact) mass is 316 g/mol. The zero-order valence-electron chi connectivity index (χ0n) is 13.6. The standard InChI is InChI=1S/C17H20N2O4/c1-10(2)14(17(22)23-4)18-15(20)13-9-19(3)16(21)12-8-6-5-7-11(12)13/h5-10,14H,1-4H3,(H,18,20)/t14-/m0/s1. The lowest BCUT2D eigenvalue weighted by molar-refractivity contribution is -0.144. The Morgan fingerprint density at radius 2 is 1.78 bits per heavy atom. The van der Waals surface area contributed by atoms with E-state index in [-0.39, 0.29) is 11.5 Å². The van der Waals surface area contributed by atoms with Gasteiger partial charge in [-0.25, -0.2) is 4.79 Å². The summed E-state index contributed by atoms with van der Waals surface area (Å²) < 4.78 is 6.09. The summed E-state index contributed by atoms with van der Waals surface area (Å²) in [5, 5.41) is 3.71. The summed E-state index contributed by atoms with van der Waals surface area (Å²) in [6, 6.07) is 6.15. The summed E-state index contributed by atoms with van der Waals surface area (Å²) in [5.41, 5.74) is 0.169. The number of hydrogen-bond acceptors (Lipinski definition) is 4. The Hall–Kier alpha value is -2.63. The zero-order chi connectivity index (χ0) is 17.1. The molecule has 6 heteroatoms. The van der Waals surface area contributed by atoms with Crippen molar-refractivity contribution < 1.29 is 14.3 Å². The normalized spacial score (nSPS) is 12.2. The van der Waals surface area contributed by atoms with Crippen molar-refractivity contribution in [3.63, 3.8) is 0 Å². The highest BCUT2D eigenvalue weighted by atomic mass is 16.5. The highest BCUT2D eigenvalue weighted by molar-refractivity contribution is 6.07. The topological polar surface area (TPSA) is 77.4 Å². The summed E-state index contributed by atoms with van der Waals surface area (Å²) >= 11 is 0. The van der Waals surface area contributed by atoms with Gasteiger partial charge in [0.1, 0.15) is 6.04 Å². The van der Waals surface area contributed by atoms with Crippen LogP contribution in [0.25, 0.3) is 10.8 Å². The molecule has 1 aromatic heterocycles. The first-order chi connectivity index (χ1) is 10.9. The molecule has 0 fully saturated rings. The van der Waals surface area contributed by atoms with Crippen molar-refractivity contribution in [3.8, 4) is 0 Å². The quantitative estimate of drug-likeness (QED) is 0.867. The molecule has 23 heavy (non-hydrogen) atoms. The maximum absolute atomic E-state index is 12.6. The van der Waals surface area contributed by atoms with Crippen LogP contribution in [-0.4, -0.2) is 29.6 Å². The van der Waals surface area contributed by atoms with Gasteiger partial charge in [0.2, 0.25) is 0 Å². The molecular weight excluding hydrogens is 296 g/mol. The van der Waals surface area contributed by atoms with Crippen molar-refractivity contribution >= 4 is 22.6 Å². The fourth-order valence-corrected chi connectivity index (χ4v) is 2.44. The van der Waals surface area contributed by atoms with Crippen molar-refractivity contribution in [2.24, 2.45) is 13.0 Å². The average Bonchev–Trinajstić information content (AvgIpc) is 2.54. The van der Waals surface area contributed by atoms with E-state index in [1.807, 2.05) is 13.8 Å². The Morgan fingerprint density at radius 3 is 2.35 bits per heavy atom. The second-order valence-corrected chi connectivity index (χ2v) is 5.72. The van der Waals surface area contributed by atoms with Gasteiger partial charge >= 0.3 is 5.97 Å². The van der Waals surface area contributed by atoms with Gasteiger partial charge in [-0.1, -0.05) is 32.0 Å². The largest absolute Gasteiger partial charge is 0.467 e. The van der Waals surface area contributed by atoms with Crippen molar-refractivity contribution in [2.75, 3.05) is 7.11 Å². The van der Waals surface area contributed by atoms with Gasteiger partial charge in [-0.15, -0.1) is 0 Å². The number of rotatable bonds is 4. The fourth-order valence-electron chi connectivity index (χ4n) is 2.44. The van der Waals surface area contributed by atoms with Gasteiger partial charge < -0.3 is 14.6 Å². The number of aryl methyl sites for hydroxylation is 1. The number of pyridine rings is 1. The second-order valence-electron chi connectivity index (χ2n) is 5.72. The van der Waals surface area contributed by atoms with Crippen LogP contribution in [0, 0.1) is 5.92 Å². The van der Waals surface area contributed by atoms with E-state index in [2.05, 4.69) is 5.32 Å². The third kappa shape index (κ3) is 3.26. The van der Waals surface area contributed by atoms with E-state index in [1.165, 1.54) is 17.9 Å². The predicted molar refractivity (Wildman–Crippen MR) is 87.3 cm³/mol. The number of ether oxygens (including phenoxy) is 1. The van der Waals surface area contributed by atoms with E-state index in [9.17, 15) is 14.4 Å². The first-order valence-electron chi connectivity index (χ1n) is 7.34. The molecule has 0 saturated carbocycles. The molecule has 0 spiro atoms. The molecule has 122 valence electrons. The summed E-state index contributed by atoms with van der Waals surface area (Å²) in [4.78, 5) is 36.6. The lowest BCUT2D eigenvalue weighted by Crippen LogP contribution is -2.45. The van der Waals surface area contributed by atoms with Gasteiger partial charge in [0.25, 0.3) is 11.5 Å². The highest BCUT2D eigenvalue weighted by Crippen LogP contribution is 2.16. The molecule has 0 unspecified atom stereocenters. The van der Waals surface area contributed by atoms with Crippen LogP contribution in [0.4, 0.5) is 0 Å². The molecule has 0 radical (unpaired) electrons. The number of aromatic nitrogens is 1. The number of nitrogens with one attached hydrogen (secondary N) is 1. The zero-order valence-corrected chi connectivity index (χ0v) is 13.6. The van der Waals surface area contributed by atoms with Gasteiger partial charge in [0.05, 0.1) is 12.7 Å². The average molecular weight is 316 g/mol. The molecule has 2 aromatic rings. The molecule has 0 aliphatic carbocycles. The number of hydrogen-bond donors (Lipinski definition) is 1. The summed E-state index contributed by atoms with van der Waals surface area (Å²) in [6.45, 7) is 3.64. The molecular formula is C17H20N2O4. The van der Waals surface area contributed by atoms with E-state index in [1.54, 1.807) is 31.3 Å². The van der Waals surface area contributed by atoms with Crippen LogP contribution in [0.15, 0.2) is 35.3 Å². The van der Waals surface area contributed by atoms with E-state index in [0.717, 1.165) is 0 Å². The minimum absolute atomic E-state index is 0.120.